The highest BCUT2D eigenvalue weighted by molar-refractivity contribution is 5.97. The molecule has 2 nitrogen and oxygen atoms in total. The van der Waals surface area contributed by atoms with Gasteiger partial charge in [0.2, 0.25) is 0 Å². The number of nitrogens with two attached hydrogens (primary N) is 1. The molecule has 0 amide bonds. The predicted molar refractivity (Wildman–Crippen MR) is 152 cm³/mol. The Morgan fingerprint density at radius 3 is 1.94 bits per heavy atom. The van der Waals surface area contributed by atoms with Crippen LogP contribution in [0.4, 0.5) is 0 Å². The van der Waals surface area contributed by atoms with E-state index in [1.807, 2.05) is 0 Å². The van der Waals surface area contributed by atoms with Gasteiger partial charge in [-0.3, -0.25) is 0 Å². The lowest BCUT2D eigenvalue weighted by molar-refractivity contribution is 0.176. The standard InChI is InChI=1S/C34H34N2/c1-4-33(3,22-23(2)35)34(28-19-11-8-16-25(28)26-17-9-12-20-29(26)34)31-27-18-10-13-21-30(27)36-32(31)24-14-6-5-7-15-24/h5-21,23,36H,4,22,35H2,1-3H3. The third-order valence-electron chi connectivity index (χ3n) is 8.55. The van der Waals surface area contributed by atoms with Crippen LogP contribution in [0.15, 0.2) is 103 Å². The van der Waals surface area contributed by atoms with Crippen molar-refractivity contribution in [2.24, 2.45) is 11.1 Å². The minimum atomic E-state index is -0.368. The lowest BCUT2D eigenvalue weighted by atomic mass is 9.52. The number of H-pyrrole nitrogens is 1. The van der Waals surface area contributed by atoms with Gasteiger partial charge in [-0.15, -0.1) is 0 Å². The van der Waals surface area contributed by atoms with Gasteiger partial charge in [0, 0.05) is 22.5 Å². The summed E-state index contributed by atoms with van der Waals surface area (Å²) in [7, 11) is 0. The molecule has 0 aliphatic heterocycles. The van der Waals surface area contributed by atoms with Crippen LogP contribution in [-0.4, -0.2) is 11.0 Å². The Morgan fingerprint density at radius 2 is 1.33 bits per heavy atom. The van der Waals surface area contributed by atoms with Crippen molar-refractivity contribution >= 4 is 10.9 Å². The van der Waals surface area contributed by atoms with Gasteiger partial charge in [-0.25, -0.2) is 0 Å². The number of fused-ring (bicyclic) bond motifs is 4. The first-order valence-electron chi connectivity index (χ1n) is 13.1. The molecule has 2 unspecified atom stereocenters. The Labute approximate surface area is 214 Å². The molecule has 4 aromatic carbocycles. The fraction of sp³-hybridized carbons (Fsp3) is 0.235. The van der Waals surface area contributed by atoms with Gasteiger partial charge in [0.15, 0.2) is 0 Å². The number of nitrogens with one attached hydrogen (secondary N) is 1. The molecule has 2 heteroatoms. The van der Waals surface area contributed by atoms with Gasteiger partial charge in [0.1, 0.15) is 0 Å². The van der Waals surface area contributed by atoms with Gasteiger partial charge in [-0.2, -0.15) is 0 Å². The van der Waals surface area contributed by atoms with Gasteiger partial charge in [0.05, 0.1) is 11.1 Å². The fourth-order valence-electron chi connectivity index (χ4n) is 7.08. The molecule has 1 heterocycles. The van der Waals surface area contributed by atoms with E-state index in [-0.39, 0.29) is 16.9 Å². The lowest BCUT2D eigenvalue weighted by Gasteiger charge is -2.50. The van der Waals surface area contributed by atoms with Crippen molar-refractivity contribution in [3.05, 3.63) is 120 Å². The van der Waals surface area contributed by atoms with Crippen molar-refractivity contribution in [1.29, 1.82) is 0 Å². The van der Waals surface area contributed by atoms with Gasteiger partial charge in [-0.05, 0) is 59.1 Å². The fourth-order valence-corrected chi connectivity index (χ4v) is 7.08. The van der Waals surface area contributed by atoms with Crippen molar-refractivity contribution in [2.45, 2.75) is 45.1 Å². The summed E-state index contributed by atoms with van der Waals surface area (Å²) >= 11 is 0. The van der Waals surface area contributed by atoms with Crippen LogP contribution in [0.25, 0.3) is 33.3 Å². The van der Waals surface area contributed by atoms with Crippen LogP contribution in [0, 0.1) is 5.41 Å². The molecule has 0 radical (unpaired) electrons. The summed E-state index contributed by atoms with van der Waals surface area (Å²) in [5.74, 6) is 0. The van der Waals surface area contributed by atoms with Gasteiger partial charge < -0.3 is 10.7 Å². The first-order valence-corrected chi connectivity index (χ1v) is 13.1. The van der Waals surface area contributed by atoms with E-state index in [1.54, 1.807) is 0 Å². The smallest absolute Gasteiger partial charge is 0.0544 e. The molecule has 1 aliphatic rings. The summed E-state index contributed by atoms with van der Waals surface area (Å²) in [6.07, 6.45) is 1.92. The van der Waals surface area contributed by atoms with Crippen molar-refractivity contribution < 1.29 is 0 Å². The van der Waals surface area contributed by atoms with Gasteiger partial charge >= 0.3 is 0 Å². The number of rotatable bonds is 6. The molecular formula is C34H34N2. The van der Waals surface area contributed by atoms with E-state index < -0.39 is 0 Å². The molecule has 1 aliphatic carbocycles. The first-order chi connectivity index (χ1) is 17.5. The molecule has 0 bridgehead atoms. The first kappa shape index (κ1) is 22.8. The lowest BCUT2D eigenvalue weighted by Crippen LogP contribution is -2.47. The highest BCUT2D eigenvalue weighted by Crippen LogP contribution is 2.65. The predicted octanol–water partition coefficient (Wildman–Crippen LogP) is 8.30. The monoisotopic (exact) mass is 470 g/mol. The number of aromatic nitrogens is 1. The Bertz CT molecular complexity index is 1500. The van der Waals surface area contributed by atoms with Crippen LogP contribution < -0.4 is 5.73 Å². The zero-order chi connectivity index (χ0) is 24.9. The second kappa shape index (κ2) is 8.50. The molecular weight excluding hydrogens is 436 g/mol. The summed E-state index contributed by atoms with van der Waals surface area (Å²) in [6, 6.07) is 37.8. The number of aromatic amines is 1. The molecule has 0 spiro atoms. The van der Waals surface area contributed by atoms with Gasteiger partial charge in [0.25, 0.3) is 0 Å². The minimum Gasteiger partial charge on any atom is -0.354 e. The van der Waals surface area contributed by atoms with Crippen LogP contribution in [0.3, 0.4) is 0 Å². The van der Waals surface area contributed by atoms with E-state index in [9.17, 15) is 0 Å². The van der Waals surface area contributed by atoms with Crippen molar-refractivity contribution in [1.82, 2.24) is 4.98 Å². The molecule has 180 valence electrons. The van der Waals surface area contributed by atoms with Crippen molar-refractivity contribution in [2.75, 3.05) is 0 Å². The second-order valence-electron chi connectivity index (χ2n) is 10.7. The minimum absolute atomic E-state index is 0.0807. The van der Waals surface area contributed by atoms with Crippen LogP contribution >= 0.6 is 0 Å². The normalized spacial score (nSPS) is 16.3. The summed E-state index contributed by atoms with van der Waals surface area (Å²) < 4.78 is 0. The third kappa shape index (κ3) is 3.07. The molecule has 0 fully saturated rings. The molecule has 5 aromatic rings. The Morgan fingerprint density at radius 1 is 0.778 bits per heavy atom. The number of hydrogen-bond donors (Lipinski definition) is 2. The van der Waals surface area contributed by atoms with E-state index in [0.29, 0.717) is 0 Å². The SMILES string of the molecule is CCC(C)(CC(C)N)C1(c2c(-c3ccccc3)[nH]c3ccccc23)c2ccccc2-c2ccccc21. The van der Waals surface area contributed by atoms with Crippen molar-refractivity contribution in [3.8, 4) is 22.4 Å². The highest BCUT2D eigenvalue weighted by Gasteiger charge is 2.57. The summed E-state index contributed by atoms with van der Waals surface area (Å²) in [6.45, 7) is 6.96. The number of hydrogen-bond acceptors (Lipinski definition) is 1. The zero-order valence-corrected chi connectivity index (χ0v) is 21.4. The van der Waals surface area contributed by atoms with E-state index in [4.69, 9.17) is 5.73 Å². The largest absolute Gasteiger partial charge is 0.354 e. The van der Waals surface area contributed by atoms with Crippen LogP contribution in [-0.2, 0) is 5.41 Å². The topological polar surface area (TPSA) is 41.8 Å². The second-order valence-corrected chi connectivity index (χ2v) is 10.7. The summed E-state index contributed by atoms with van der Waals surface area (Å²) in [5.41, 5.74) is 16.5. The van der Waals surface area contributed by atoms with E-state index >= 15 is 0 Å². The van der Waals surface area contributed by atoms with Crippen LogP contribution in [0.5, 0.6) is 0 Å². The maximum absolute atomic E-state index is 6.63. The summed E-state index contributed by atoms with van der Waals surface area (Å²) in [4.78, 5) is 3.86. The Hall–Kier alpha value is -3.62. The summed E-state index contributed by atoms with van der Waals surface area (Å²) in [5, 5.41) is 1.28. The molecule has 36 heavy (non-hydrogen) atoms. The molecule has 6 rings (SSSR count). The average molecular weight is 471 g/mol. The maximum Gasteiger partial charge on any atom is 0.0544 e. The molecule has 2 atom stereocenters. The Kier molecular flexibility index (Phi) is 5.39. The van der Waals surface area contributed by atoms with E-state index in [2.05, 4.69) is 129 Å². The molecule has 0 saturated heterocycles. The van der Waals surface area contributed by atoms with E-state index in [1.165, 1.54) is 50.0 Å². The van der Waals surface area contributed by atoms with Gasteiger partial charge in [-0.1, -0.05) is 111 Å². The number of benzene rings is 4. The Balaban J connectivity index is 1.85. The van der Waals surface area contributed by atoms with Crippen molar-refractivity contribution in [3.63, 3.8) is 0 Å². The third-order valence-corrected chi connectivity index (χ3v) is 8.55. The van der Waals surface area contributed by atoms with Crippen LogP contribution in [0.1, 0.15) is 50.3 Å². The number of para-hydroxylation sites is 1. The maximum atomic E-state index is 6.63. The van der Waals surface area contributed by atoms with E-state index in [0.717, 1.165) is 12.8 Å². The highest BCUT2D eigenvalue weighted by atomic mass is 14.8. The zero-order valence-electron chi connectivity index (χ0n) is 21.4. The molecule has 1 aromatic heterocycles. The molecule has 0 saturated carbocycles. The average Bonchev–Trinajstić information content (AvgIpc) is 3.43. The quantitative estimate of drug-likeness (QED) is 0.257. The van der Waals surface area contributed by atoms with Crippen LogP contribution in [0.2, 0.25) is 0 Å². The molecule has 3 N–H and O–H groups in total.